The topological polar surface area (TPSA) is 34.1 Å². The lowest BCUT2D eigenvalue weighted by Gasteiger charge is -1.96. The van der Waals surface area contributed by atoms with Gasteiger partial charge >= 0.3 is 0 Å². The molecule has 0 aliphatic heterocycles. The van der Waals surface area contributed by atoms with E-state index in [1.54, 1.807) is 0 Å². The van der Waals surface area contributed by atoms with E-state index in [2.05, 4.69) is 31.9 Å². The molecular weight excluding hydrogens is 288 g/mol. The average Bonchev–Trinajstić information content (AvgIpc) is 2.02. The number of carbonyl (C=O) groups is 2. The number of rotatable bonds is 7. The Hall–Kier alpha value is 0.300. The zero-order valence-electron chi connectivity index (χ0n) is 6.82. The SMILES string of the molecule is O=C(CCBr)CCC(=O)CCBr. The summed E-state index contributed by atoms with van der Waals surface area (Å²) in [6.45, 7) is 0. The maximum Gasteiger partial charge on any atom is 0.134 e. The first kappa shape index (κ1) is 12.3. The van der Waals surface area contributed by atoms with Crippen molar-refractivity contribution >= 4 is 43.4 Å². The maximum absolute atomic E-state index is 11.0. The molecule has 0 aromatic heterocycles. The predicted octanol–water partition coefficient (Wildman–Crippen LogP) is 2.47. The van der Waals surface area contributed by atoms with Gasteiger partial charge in [0.05, 0.1) is 0 Å². The van der Waals surface area contributed by atoms with Crippen LogP contribution in [0.2, 0.25) is 0 Å². The molecule has 0 rings (SSSR count). The second-order valence-electron chi connectivity index (χ2n) is 2.46. The summed E-state index contributed by atoms with van der Waals surface area (Å²) < 4.78 is 0. The van der Waals surface area contributed by atoms with Crippen LogP contribution in [0.5, 0.6) is 0 Å². The molecule has 0 spiro atoms. The molecule has 4 heteroatoms. The molecule has 2 nitrogen and oxygen atoms in total. The first-order chi connectivity index (χ1) is 5.70. The van der Waals surface area contributed by atoms with Gasteiger partial charge in [0.25, 0.3) is 0 Å². The van der Waals surface area contributed by atoms with Gasteiger partial charge in [-0.15, -0.1) is 0 Å². The molecular formula is C8H12Br2O2. The van der Waals surface area contributed by atoms with Crippen molar-refractivity contribution in [1.82, 2.24) is 0 Å². The van der Waals surface area contributed by atoms with E-state index in [1.807, 2.05) is 0 Å². The Balaban J connectivity index is 3.40. The molecule has 0 radical (unpaired) electrons. The highest BCUT2D eigenvalue weighted by molar-refractivity contribution is 9.09. The molecule has 0 aromatic rings. The largest absolute Gasteiger partial charge is 0.300 e. The highest BCUT2D eigenvalue weighted by atomic mass is 79.9. The Morgan fingerprint density at radius 1 is 0.750 bits per heavy atom. The van der Waals surface area contributed by atoms with E-state index in [0.29, 0.717) is 36.3 Å². The van der Waals surface area contributed by atoms with Gasteiger partial charge in [-0.1, -0.05) is 31.9 Å². The highest BCUT2D eigenvalue weighted by Gasteiger charge is 2.05. The molecule has 0 atom stereocenters. The van der Waals surface area contributed by atoms with Crippen LogP contribution in [0.4, 0.5) is 0 Å². The Morgan fingerprint density at radius 3 is 1.33 bits per heavy atom. The van der Waals surface area contributed by atoms with Crippen LogP contribution in [0.15, 0.2) is 0 Å². The summed E-state index contributed by atoms with van der Waals surface area (Å²) in [4.78, 5) is 21.9. The van der Waals surface area contributed by atoms with Crippen molar-refractivity contribution in [3.63, 3.8) is 0 Å². The molecule has 0 heterocycles. The lowest BCUT2D eigenvalue weighted by Crippen LogP contribution is -2.04. The van der Waals surface area contributed by atoms with Gasteiger partial charge in [0, 0.05) is 36.3 Å². The van der Waals surface area contributed by atoms with Crippen LogP contribution in [0.3, 0.4) is 0 Å². The second kappa shape index (κ2) is 7.92. The molecule has 0 N–H and O–H groups in total. The number of ketones is 2. The van der Waals surface area contributed by atoms with Crippen molar-refractivity contribution in [1.29, 1.82) is 0 Å². The van der Waals surface area contributed by atoms with E-state index in [1.165, 1.54) is 0 Å². The fraction of sp³-hybridized carbons (Fsp3) is 0.750. The van der Waals surface area contributed by atoms with Gasteiger partial charge in [-0.25, -0.2) is 0 Å². The fourth-order valence-electron chi connectivity index (χ4n) is 0.740. The number of hydrogen-bond acceptors (Lipinski definition) is 2. The zero-order valence-corrected chi connectivity index (χ0v) is 9.99. The van der Waals surface area contributed by atoms with Crippen LogP contribution >= 0.6 is 31.9 Å². The van der Waals surface area contributed by atoms with Gasteiger partial charge in [0.2, 0.25) is 0 Å². The molecule has 70 valence electrons. The lowest BCUT2D eigenvalue weighted by molar-refractivity contribution is -0.123. The Morgan fingerprint density at radius 2 is 1.08 bits per heavy atom. The van der Waals surface area contributed by atoms with Crippen LogP contribution in [-0.4, -0.2) is 22.2 Å². The third kappa shape index (κ3) is 6.98. The second-order valence-corrected chi connectivity index (χ2v) is 4.04. The van der Waals surface area contributed by atoms with Crippen molar-refractivity contribution < 1.29 is 9.59 Å². The summed E-state index contributed by atoms with van der Waals surface area (Å²) in [5.41, 5.74) is 0. The first-order valence-electron chi connectivity index (χ1n) is 3.86. The molecule has 0 bridgehead atoms. The minimum absolute atomic E-state index is 0.162. The summed E-state index contributed by atoms with van der Waals surface area (Å²) >= 11 is 6.35. The van der Waals surface area contributed by atoms with Gasteiger partial charge in [-0.3, -0.25) is 9.59 Å². The molecule has 0 aliphatic carbocycles. The molecule has 0 aromatic carbocycles. The van der Waals surface area contributed by atoms with E-state index < -0.39 is 0 Å². The monoisotopic (exact) mass is 298 g/mol. The molecule has 12 heavy (non-hydrogen) atoms. The molecule has 0 saturated heterocycles. The van der Waals surface area contributed by atoms with E-state index in [0.717, 1.165) is 0 Å². The molecule has 0 fully saturated rings. The number of carbonyl (C=O) groups excluding carboxylic acids is 2. The molecule has 0 saturated carbocycles. The van der Waals surface area contributed by atoms with Crippen molar-refractivity contribution in [2.45, 2.75) is 25.7 Å². The number of halogens is 2. The van der Waals surface area contributed by atoms with E-state index >= 15 is 0 Å². The minimum atomic E-state index is 0.162. The van der Waals surface area contributed by atoms with Crippen molar-refractivity contribution in [3.05, 3.63) is 0 Å². The van der Waals surface area contributed by atoms with Crippen LogP contribution in [0.25, 0.3) is 0 Å². The fourth-order valence-corrected chi connectivity index (χ4v) is 1.62. The maximum atomic E-state index is 11.0. The van der Waals surface area contributed by atoms with Crippen molar-refractivity contribution in [3.8, 4) is 0 Å². The quantitative estimate of drug-likeness (QED) is 0.677. The average molecular weight is 300 g/mol. The molecule has 0 amide bonds. The predicted molar refractivity (Wildman–Crippen MR) is 56.1 cm³/mol. The van der Waals surface area contributed by atoms with Crippen LogP contribution in [0.1, 0.15) is 25.7 Å². The Kier molecular flexibility index (Phi) is 8.12. The van der Waals surface area contributed by atoms with Gasteiger partial charge in [-0.05, 0) is 0 Å². The third-order valence-corrected chi connectivity index (χ3v) is 2.22. The third-order valence-electron chi connectivity index (χ3n) is 1.43. The lowest BCUT2D eigenvalue weighted by atomic mass is 10.1. The van der Waals surface area contributed by atoms with E-state index in [4.69, 9.17) is 0 Å². The smallest absolute Gasteiger partial charge is 0.134 e. The molecule has 0 aliphatic rings. The number of hydrogen-bond donors (Lipinski definition) is 0. The number of alkyl halides is 2. The van der Waals surface area contributed by atoms with Gasteiger partial charge in [0.15, 0.2) is 0 Å². The highest BCUT2D eigenvalue weighted by Crippen LogP contribution is 2.01. The van der Waals surface area contributed by atoms with Crippen LogP contribution in [0, 0.1) is 0 Å². The Labute approximate surface area is 89.4 Å². The first-order valence-corrected chi connectivity index (χ1v) is 6.10. The van der Waals surface area contributed by atoms with E-state index in [9.17, 15) is 9.59 Å². The minimum Gasteiger partial charge on any atom is -0.300 e. The Bertz CT molecular complexity index is 139. The summed E-state index contributed by atoms with van der Waals surface area (Å²) in [7, 11) is 0. The summed E-state index contributed by atoms with van der Waals surface area (Å²) in [5.74, 6) is 0.324. The normalized spacial score (nSPS) is 9.83. The van der Waals surface area contributed by atoms with Crippen molar-refractivity contribution in [2.24, 2.45) is 0 Å². The number of Topliss-reactive ketones (excluding diaryl/α,β-unsaturated/α-hetero) is 2. The zero-order chi connectivity index (χ0) is 9.40. The standard InChI is InChI=1S/C8H12Br2O2/c9-5-3-7(11)1-2-8(12)4-6-10/h1-6H2. The summed E-state index contributed by atoms with van der Waals surface area (Å²) in [5, 5.41) is 1.39. The van der Waals surface area contributed by atoms with E-state index in [-0.39, 0.29) is 11.6 Å². The summed E-state index contributed by atoms with van der Waals surface area (Å²) in [6, 6.07) is 0. The van der Waals surface area contributed by atoms with Gasteiger partial charge < -0.3 is 0 Å². The van der Waals surface area contributed by atoms with Gasteiger partial charge in [0.1, 0.15) is 11.6 Å². The van der Waals surface area contributed by atoms with Gasteiger partial charge in [-0.2, -0.15) is 0 Å². The van der Waals surface area contributed by atoms with Crippen LogP contribution < -0.4 is 0 Å². The summed E-state index contributed by atoms with van der Waals surface area (Å²) in [6.07, 6.45) is 1.86. The molecule has 0 unspecified atom stereocenters. The van der Waals surface area contributed by atoms with Crippen molar-refractivity contribution in [2.75, 3.05) is 10.7 Å². The van der Waals surface area contributed by atoms with Crippen LogP contribution in [-0.2, 0) is 9.59 Å².